The average molecular weight is 384 g/mol. The minimum absolute atomic E-state index is 0.264. The summed E-state index contributed by atoms with van der Waals surface area (Å²) in [5.41, 5.74) is 2.06. The quantitative estimate of drug-likeness (QED) is 0.451. The topological polar surface area (TPSA) is 114 Å². The lowest BCUT2D eigenvalue weighted by atomic mass is 10.2. The van der Waals surface area contributed by atoms with Crippen molar-refractivity contribution in [2.75, 3.05) is 6.61 Å². The highest BCUT2D eigenvalue weighted by Crippen LogP contribution is 2.27. The number of halogens is 2. The molecule has 0 saturated heterocycles. The van der Waals surface area contributed by atoms with Crippen molar-refractivity contribution in [2.45, 2.75) is 0 Å². The number of amides is 1. The molecule has 0 bridgehead atoms. The number of nitro benzene ring substituents is 1. The number of carbonyl (C=O) groups excluding carboxylic acids is 1. The first-order chi connectivity index (χ1) is 11.9. The van der Waals surface area contributed by atoms with E-state index in [-0.39, 0.29) is 11.6 Å². The molecule has 25 heavy (non-hydrogen) atoms. The zero-order valence-corrected chi connectivity index (χ0v) is 14.0. The second kappa shape index (κ2) is 8.32. The molecule has 0 aromatic heterocycles. The number of aromatic hydroxyl groups is 1. The fourth-order valence-electron chi connectivity index (χ4n) is 1.71. The molecule has 2 aromatic carbocycles. The zero-order valence-electron chi connectivity index (χ0n) is 12.5. The van der Waals surface area contributed by atoms with Crippen LogP contribution in [-0.4, -0.2) is 28.8 Å². The molecule has 0 heterocycles. The van der Waals surface area contributed by atoms with E-state index in [1.807, 2.05) is 0 Å². The van der Waals surface area contributed by atoms with E-state index in [2.05, 4.69) is 10.5 Å². The van der Waals surface area contributed by atoms with E-state index in [9.17, 15) is 20.0 Å². The van der Waals surface area contributed by atoms with Crippen LogP contribution >= 0.6 is 23.2 Å². The van der Waals surface area contributed by atoms with Gasteiger partial charge in [0, 0.05) is 16.7 Å². The Morgan fingerprint density at radius 3 is 2.76 bits per heavy atom. The molecule has 0 unspecified atom stereocenters. The Morgan fingerprint density at radius 2 is 2.08 bits per heavy atom. The van der Waals surface area contributed by atoms with E-state index < -0.39 is 22.3 Å². The molecular weight excluding hydrogens is 373 g/mol. The van der Waals surface area contributed by atoms with E-state index >= 15 is 0 Å². The number of benzene rings is 2. The van der Waals surface area contributed by atoms with Crippen molar-refractivity contribution >= 4 is 41.0 Å². The number of hydrogen-bond acceptors (Lipinski definition) is 6. The maximum Gasteiger partial charge on any atom is 0.311 e. The molecule has 10 heteroatoms. The van der Waals surface area contributed by atoms with Gasteiger partial charge in [0.25, 0.3) is 5.91 Å². The molecule has 0 aliphatic carbocycles. The van der Waals surface area contributed by atoms with Crippen LogP contribution in [0.3, 0.4) is 0 Å². The number of nitrogens with zero attached hydrogens (tertiary/aromatic N) is 2. The van der Waals surface area contributed by atoms with Gasteiger partial charge in [-0.1, -0.05) is 23.2 Å². The minimum Gasteiger partial charge on any atom is -0.502 e. The number of rotatable bonds is 6. The van der Waals surface area contributed by atoms with Gasteiger partial charge in [-0.05, 0) is 30.3 Å². The van der Waals surface area contributed by atoms with Crippen LogP contribution in [0.2, 0.25) is 10.0 Å². The molecule has 1 amide bonds. The van der Waals surface area contributed by atoms with Crippen molar-refractivity contribution in [2.24, 2.45) is 5.10 Å². The average Bonchev–Trinajstić information content (AvgIpc) is 2.55. The molecule has 2 aromatic rings. The Morgan fingerprint density at radius 1 is 1.32 bits per heavy atom. The molecule has 130 valence electrons. The van der Waals surface area contributed by atoms with Crippen molar-refractivity contribution in [1.29, 1.82) is 0 Å². The fourth-order valence-corrected chi connectivity index (χ4v) is 2.18. The summed E-state index contributed by atoms with van der Waals surface area (Å²) in [4.78, 5) is 21.6. The van der Waals surface area contributed by atoms with E-state index in [0.29, 0.717) is 16.3 Å². The highest BCUT2D eigenvalue weighted by atomic mass is 35.5. The molecular formula is C15H11Cl2N3O5. The summed E-state index contributed by atoms with van der Waals surface area (Å²) in [5.74, 6) is -0.727. The van der Waals surface area contributed by atoms with Gasteiger partial charge in [-0.15, -0.1) is 0 Å². The van der Waals surface area contributed by atoms with E-state index in [4.69, 9.17) is 27.9 Å². The van der Waals surface area contributed by atoms with Gasteiger partial charge in [0.2, 0.25) is 0 Å². The highest BCUT2D eigenvalue weighted by Gasteiger charge is 2.12. The molecule has 0 atom stereocenters. The maximum absolute atomic E-state index is 11.6. The fraction of sp³-hybridized carbons (Fsp3) is 0.0667. The van der Waals surface area contributed by atoms with E-state index in [1.54, 1.807) is 6.07 Å². The number of nitrogens with one attached hydrogen (secondary N) is 1. The van der Waals surface area contributed by atoms with E-state index in [1.165, 1.54) is 24.4 Å². The summed E-state index contributed by atoms with van der Waals surface area (Å²) < 4.78 is 5.22. The Balaban J connectivity index is 1.90. The lowest BCUT2D eigenvalue weighted by molar-refractivity contribution is -0.385. The van der Waals surface area contributed by atoms with Crippen LogP contribution in [0.25, 0.3) is 0 Å². The summed E-state index contributed by atoms with van der Waals surface area (Å²) in [6.07, 6.45) is 1.19. The molecule has 0 spiro atoms. The summed E-state index contributed by atoms with van der Waals surface area (Å²) in [7, 11) is 0. The van der Waals surface area contributed by atoms with Crippen LogP contribution in [-0.2, 0) is 4.79 Å². The molecule has 2 N–H and O–H groups in total. The van der Waals surface area contributed by atoms with Gasteiger partial charge in [0.15, 0.2) is 12.4 Å². The normalized spacial score (nSPS) is 10.6. The third kappa shape index (κ3) is 5.33. The minimum atomic E-state index is -0.727. The number of carbonyl (C=O) groups is 1. The summed E-state index contributed by atoms with van der Waals surface area (Å²) >= 11 is 11.7. The van der Waals surface area contributed by atoms with Crippen LogP contribution in [0.5, 0.6) is 11.5 Å². The number of phenols is 1. The molecule has 8 nitrogen and oxygen atoms in total. The number of nitro groups is 1. The van der Waals surface area contributed by atoms with Gasteiger partial charge < -0.3 is 9.84 Å². The Hall–Kier alpha value is -2.84. The first-order valence-corrected chi connectivity index (χ1v) is 7.49. The predicted molar refractivity (Wildman–Crippen MR) is 92.5 cm³/mol. The standard InChI is InChI=1S/C15H11Cl2N3O5/c16-10-2-4-14(11(17)6-10)25-8-15(22)19-18-7-9-1-3-13(21)12(5-9)20(23)24/h1-7,21H,8H2,(H,19,22). The van der Waals surface area contributed by atoms with Crippen molar-refractivity contribution in [3.63, 3.8) is 0 Å². The third-order valence-corrected chi connectivity index (χ3v) is 3.38. The van der Waals surface area contributed by atoms with Crippen LogP contribution in [0.1, 0.15) is 5.56 Å². The second-order valence-electron chi connectivity index (χ2n) is 4.66. The van der Waals surface area contributed by atoms with E-state index in [0.717, 1.165) is 12.1 Å². The molecule has 2 rings (SSSR count). The molecule has 0 saturated carbocycles. The SMILES string of the molecule is O=C(COc1ccc(Cl)cc1Cl)NN=Cc1ccc(O)c([N+](=O)[O-])c1. The first-order valence-electron chi connectivity index (χ1n) is 6.74. The Bertz CT molecular complexity index is 842. The summed E-state index contributed by atoms with van der Waals surface area (Å²) in [6, 6.07) is 8.25. The van der Waals surface area contributed by atoms with Gasteiger partial charge >= 0.3 is 5.69 Å². The molecule has 0 radical (unpaired) electrons. The summed E-state index contributed by atoms with van der Waals surface area (Å²) in [5, 5.41) is 24.4. The van der Waals surface area contributed by atoms with Crippen LogP contribution in [0.15, 0.2) is 41.5 Å². The lowest BCUT2D eigenvalue weighted by Crippen LogP contribution is -2.24. The first kappa shape index (κ1) is 18.5. The number of hydrogen-bond donors (Lipinski definition) is 2. The van der Waals surface area contributed by atoms with Crippen LogP contribution < -0.4 is 10.2 Å². The Labute approximate surface area is 151 Å². The van der Waals surface area contributed by atoms with Crippen molar-refractivity contribution in [3.8, 4) is 11.5 Å². The molecule has 0 fully saturated rings. The van der Waals surface area contributed by atoms with Crippen LogP contribution in [0, 0.1) is 10.1 Å². The van der Waals surface area contributed by atoms with Crippen molar-refractivity contribution in [1.82, 2.24) is 5.43 Å². The predicted octanol–water partition coefficient (Wildman–Crippen LogP) is 3.14. The van der Waals surface area contributed by atoms with Crippen molar-refractivity contribution < 1.29 is 19.6 Å². The lowest BCUT2D eigenvalue weighted by Gasteiger charge is -2.06. The second-order valence-corrected chi connectivity index (χ2v) is 5.51. The zero-order chi connectivity index (χ0) is 18.4. The van der Waals surface area contributed by atoms with Gasteiger partial charge in [0.1, 0.15) is 5.75 Å². The number of phenolic OH excluding ortho intramolecular Hbond substituents is 1. The van der Waals surface area contributed by atoms with Gasteiger partial charge in [-0.2, -0.15) is 5.10 Å². The largest absolute Gasteiger partial charge is 0.502 e. The van der Waals surface area contributed by atoms with Crippen LogP contribution in [0.4, 0.5) is 5.69 Å². The van der Waals surface area contributed by atoms with Crippen molar-refractivity contribution in [3.05, 3.63) is 62.1 Å². The number of ether oxygens (including phenoxy) is 1. The van der Waals surface area contributed by atoms with Gasteiger partial charge in [-0.25, -0.2) is 5.43 Å². The smallest absolute Gasteiger partial charge is 0.311 e. The van der Waals surface area contributed by atoms with Gasteiger partial charge in [0.05, 0.1) is 16.2 Å². The maximum atomic E-state index is 11.6. The monoisotopic (exact) mass is 383 g/mol. The third-order valence-electron chi connectivity index (χ3n) is 2.85. The summed E-state index contributed by atoms with van der Waals surface area (Å²) in [6.45, 7) is -0.339. The molecule has 0 aliphatic heterocycles. The van der Waals surface area contributed by atoms with Gasteiger partial charge in [-0.3, -0.25) is 14.9 Å². The highest BCUT2D eigenvalue weighted by molar-refractivity contribution is 6.35. The molecule has 0 aliphatic rings. The number of hydrazone groups is 1. The Kier molecular flexibility index (Phi) is 6.15.